The van der Waals surface area contributed by atoms with Crippen molar-refractivity contribution < 1.29 is 0 Å². The van der Waals surface area contributed by atoms with Gasteiger partial charge in [0.15, 0.2) is 5.82 Å². The highest BCUT2D eigenvalue weighted by atomic mass is 35.5. The molecule has 0 unspecified atom stereocenters. The lowest BCUT2D eigenvalue weighted by atomic mass is 10.1. The average Bonchev–Trinajstić information content (AvgIpc) is 2.98. The van der Waals surface area contributed by atoms with E-state index in [2.05, 4.69) is 15.3 Å². The van der Waals surface area contributed by atoms with Crippen LogP contribution in [0.2, 0.25) is 0 Å². The van der Waals surface area contributed by atoms with Crippen molar-refractivity contribution in [1.29, 1.82) is 0 Å². The molecule has 2 aromatic heterocycles. The first kappa shape index (κ1) is 11.9. The molecule has 0 saturated carbocycles. The lowest BCUT2D eigenvalue weighted by molar-refractivity contribution is 0.804. The van der Waals surface area contributed by atoms with Crippen LogP contribution in [0.15, 0.2) is 54.9 Å². The summed E-state index contributed by atoms with van der Waals surface area (Å²) in [5, 5.41) is 12.4. The maximum Gasteiger partial charge on any atom is 0.175 e. The number of halogens is 1. The predicted molar refractivity (Wildman–Crippen MR) is 74.1 cm³/mol. The molecule has 0 saturated heterocycles. The number of aromatic nitrogens is 4. The van der Waals surface area contributed by atoms with Gasteiger partial charge in [-0.15, -0.1) is 16.7 Å². The van der Waals surface area contributed by atoms with E-state index in [4.69, 9.17) is 11.6 Å². The van der Waals surface area contributed by atoms with E-state index >= 15 is 0 Å². The molecular formula is C14H11ClN4. The fourth-order valence-corrected chi connectivity index (χ4v) is 1.92. The first-order chi connectivity index (χ1) is 9.36. The Bertz CT molecular complexity index is 661. The maximum absolute atomic E-state index is 5.68. The first-order valence-electron chi connectivity index (χ1n) is 5.86. The van der Waals surface area contributed by atoms with Crippen LogP contribution in [-0.4, -0.2) is 20.0 Å². The van der Waals surface area contributed by atoms with Gasteiger partial charge in [-0.05, 0) is 17.7 Å². The monoisotopic (exact) mass is 270 g/mol. The summed E-state index contributed by atoms with van der Waals surface area (Å²) in [5.74, 6) is 1.04. The minimum Gasteiger partial charge on any atom is -0.220 e. The van der Waals surface area contributed by atoms with Crippen LogP contribution in [0.1, 0.15) is 5.69 Å². The molecular weight excluding hydrogens is 260 g/mol. The van der Waals surface area contributed by atoms with E-state index in [1.54, 1.807) is 4.68 Å². The second kappa shape index (κ2) is 5.20. The predicted octanol–water partition coefficient (Wildman–Crippen LogP) is 3.07. The zero-order valence-electron chi connectivity index (χ0n) is 10.1. The van der Waals surface area contributed by atoms with Crippen molar-refractivity contribution in [3.8, 4) is 16.9 Å². The highest BCUT2D eigenvalue weighted by molar-refractivity contribution is 6.16. The summed E-state index contributed by atoms with van der Waals surface area (Å²) in [7, 11) is 0. The molecule has 0 N–H and O–H groups in total. The lowest BCUT2D eigenvalue weighted by Gasteiger charge is -1.99. The molecule has 0 aliphatic rings. The smallest absolute Gasteiger partial charge is 0.175 e. The van der Waals surface area contributed by atoms with Crippen molar-refractivity contribution >= 4 is 11.6 Å². The van der Waals surface area contributed by atoms with Crippen LogP contribution in [0, 0.1) is 0 Å². The molecule has 94 valence electrons. The molecule has 0 aliphatic carbocycles. The summed E-state index contributed by atoms with van der Waals surface area (Å²) in [4.78, 5) is 0. The highest BCUT2D eigenvalue weighted by Crippen LogP contribution is 2.18. The van der Waals surface area contributed by atoms with Crippen molar-refractivity contribution in [2.24, 2.45) is 0 Å². The molecule has 0 spiro atoms. The van der Waals surface area contributed by atoms with E-state index < -0.39 is 0 Å². The largest absolute Gasteiger partial charge is 0.220 e. The van der Waals surface area contributed by atoms with Crippen molar-refractivity contribution in [2.75, 3.05) is 0 Å². The molecule has 3 aromatic rings. The topological polar surface area (TPSA) is 43.6 Å². The molecule has 0 atom stereocenters. The Balaban J connectivity index is 1.92. The third-order valence-corrected chi connectivity index (χ3v) is 3.04. The van der Waals surface area contributed by atoms with Gasteiger partial charge in [-0.25, -0.2) is 4.68 Å². The fraction of sp³-hybridized carbons (Fsp3) is 0.0714. The number of hydrogen-bond donors (Lipinski definition) is 0. The Morgan fingerprint density at radius 1 is 0.947 bits per heavy atom. The van der Waals surface area contributed by atoms with Crippen molar-refractivity contribution in [3.63, 3.8) is 0 Å². The van der Waals surface area contributed by atoms with Crippen LogP contribution in [0.4, 0.5) is 0 Å². The van der Waals surface area contributed by atoms with E-state index in [1.807, 2.05) is 54.9 Å². The quantitative estimate of drug-likeness (QED) is 0.687. The van der Waals surface area contributed by atoms with Gasteiger partial charge < -0.3 is 0 Å². The fourth-order valence-electron chi connectivity index (χ4n) is 1.77. The molecule has 0 bridgehead atoms. The Kier molecular flexibility index (Phi) is 3.25. The molecule has 0 aliphatic heterocycles. The zero-order valence-corrected chi connectivity index (χ0v) is 10.8. The normalized spacial score (nSPS) is 10.6. The number of benzene rings is 1. The van der Waals surface area contributed by atoms with Crippen molar-refractivity contribution in [3.05, 3.63) is 60.6 Å². The van der Waals surface area contributed by atoms with Crippen LogP contribution in [0.5, 0.6) is 0 Å². The molecule has 3 rings (SSSR count). The Labute approximate surface area is 115 Å². The number of rotatable bonds is 3. The van der Waals surface area contributed by atoms with E-state index in [1.165, 1.54) is 0 Å². The van der Waals surface area contributed by atoms with Crippen LogP contribution in [-0.2, 0) is 5.88 Å². The van der Waals surface area contributed by atoms with Crippen molar-refractivity contribution in [2.45, 2.75) is 5.88 Å². The van der Waals surface area contributed by atoms with Gasteiger partial charge in [0, 0.05) is 11.8 Å². The Hall–Kier alpha value is -2.20. The molecule has 5 heteroatoms. The van der Waals surface area contributed by atoms with Crippen LogP contribution in [0.25, 0.3) is 16.9 Å². The lowest BCUT2D eigenvalue weighted by Crippen LogP contribution is -2.00. The zero-order chi connectivity index (χ0) is 13.1. The van der Waals surface area contributed by atoms with E-state index in [-0.39, 0.29) is 0 Å². The van der Waals surface area contributed by atoms with Gasteiger partial charge in [-0.2, -0.15) is 10.2 Å². The Morgan fingerprint density at radius 3 is 2.47 bits per heavy atom. The van der Waals surface area contributed by atoms with Gasteiger partial charge in [0.2, 0.25) is 0 Å². The summed E-state index contributed by atoms with van der Waals surface area (Å²) in [6, 6.07) is 13.8. The molecule has 19 heavy (non-hydrogen) atoms. The van der Waals surface area contributed by atoms with Gasteiger partial charge >= 0.3 is 0 Å². The Morgan fingerprint density at radius 2 is 1.79 bits per heavy atom. The number of hydrogen-bond acceptors (Lipinski definition) is 3. The van der Waals surface area contributed by atoms with E-state index in [0.29, 0.717) is 11.7 Å². The summed E-state index contributed by atoms with van der Waals surface area (Å²) < 4.78 is 1.70. The van der Waals surface area contributed by atoms with Crippen LogP contribution >= 0.6 is 11.6 Å². The standard InChI is InChI=1S/C14H11ClN4/c15-8-13-6-7-14(18-17-13)19-10-12(9-16-19)11-4-2-1-3-5-11/h1-7,9-10H,8H2. The molecule has 1 aromatic carbocycles. The number of alkyl halides is 1. The second-order valence-electron chi connectivity index (χ2n) is 4.06. The van der Waals surface area contributed by atoms with Gasteiger partial charge in [0.05, 0.1) is 17.8 Å². The average molecular weight is 271 g/mol. The van der Waals surface area contributed by atoms with Gasteiger partial charge in [0.1, 0.15) is 0 Å². The van der Waals surface area contributed by atoms with E-state index in [9.17, 15) is 0 Å². The second-order valence-corrected chi connectivity index (χ2v) is 4.32. The summed E-state index contributed by atoms with van der Waals surface area (Å²) >= 11 is 5.68. The van der Waals surface area contributed by atoms with Crippen LogP contribution in [0.3, 0.4) is 0 Å². The van der Waals surface area contributed by atoms with Gasteiger partial charge in [-0.1, -0.05) is 30.3 Å². The van der Waals surface area contributed by atoms with E-state index in [0.717, 1.165) is 16.8 Å². The molecule has 4 nitrogen and oxygen atoms in total. The van der Waals surface area contributed by atoms with Gasteiger partial charge in [0.25, 0.3) is 0 Å². The third-order valence-electron chi connectivity index (χ3n) is 2.77. The summed E-state index contributed by atoms with van der Waals surface area (Å²) in [6.45, 7) is 0. The van der Waals surface area contributed by atoms with Crippen molar-refractivity contribution in [1.82, 2.24) is 20.0 Å². The minimum absolute atomic E-state index is 0.363. The summed E-state index contributed by atoms with van der Waals surface area (Å²) in [6.07, 6.45) is 3.74. The number of nitrogens with zero attached hydrogens (tertiary/aromatic N) is 4. The first-order valence-corrected chi connectivity index (χ1v) is 6.39. The summed E-state index contributed by atoms with van der Waals surface area (Å²) in [5.41, 5.74) is 2.92. The maximum atomic E-state index is 5.68. The molecule has 0 fully saturated rings. The molecule has 0 amide bonds. The minimum atomic E-state index is 0.363. The van der Waals surface area contributed by atoms with Gasteiger partial charge in [-0.3, -0.25) is 0 Å². The van der Waals surface area contributed by atoms with Crippen LogP contribution < -0.4 is 0 Å². The SMILES string of the molecule is ClCc1ccc(-n2cc(-c3ccccc3)cn2)nn1. The molecule has 0 radical (unpaired) electrons. The highest BCUT2D eigenvalue weighted by Gasteiger charge is 2.04. The molecule has 2 heterocycles. The third kappa shape index (κ3) is 2.48.